The van der Waals surface area contributed by atoms with Gasteiger partial charge in [0.25, 0.3) is 0 Å². The summed E-state index contributed by atoms with van der Waals surface area (Å²) in [6.07, 6.45) is 0. The van der Waals surface area contributed by atoms with Crippen molar-refractivity contribution in [2.75, 3.05) is 26.0 Å². The maximum Gasteiger partial charge on any atom is 0.210 e. The van der Waals surface area contributed by atoms with Crippen LogP contribution in [0.2, 0.25) is 0 Å². The van der Waals surface area contributed by atoms with Crippen LogP contribution >= 0.6 is 0 Å². The van der Waals surface area contributed by atoms with Gasteiger partial charge in [0.2, 0.25) is 10.0 Å². The van der Waals surface area contributed by atoms with Crippen molar-refractivity contribution in [3.8, 4) is 5.75 Å². The van der Waals surface area contributed by atoms with Crippen LogP contribution < -0.4 is 9.88 Å². The lowest BCUT2D eigenvalue weighted by atomic mass is 10.1. The Labute approximate surface area is 115 Å². The minimum Gasteiger partial charge on any atom is -0.497 e. The van der Waals surface area contributed by atoms with Crippen molar-refractivity contribution in [3.05, 3.63) is 29.8 Å². The van der Waals surface area contributed by atoms with Crippen molar-refractivity contribution in [2.24, 2.45) is 5.14 Å². The summed E-state index contributed by atoms with van der Waals surface area (Å²) in [4.78, 5) is 2.07. The smallest absolute Gasteiger partial charge is 0.210 e. The highest BCUT2D eigenvalue weighted by atomic mass is 32.2. The maximum atomic E-state index is 11.0. The summed E-state index contributed by atoms with van der Waals surface area (Å²) in [6.45, 7) is 5.23. The van der Waals surface area contributed by atoms with Gasteiger partial charge >= 0.3 is 0 Å². The van der Waals surface area contributed by atoms with Gasteiger partial charge in [-0.05, 0) is 31.2 Å². The minimum atomic E-state index is -3.42. The molecule has 108 valence electrons. The van der Waals surface area contributed by atoms with E-state index in [0.29, 0.717) is 6.54 Å². The predicted molar refractivity (Wildman–Crippen MR) is 76.6 cm³/mol. The zero-order valence-electron chi connectivity index (χ0n) is 11.7. The molecule has 0 heterocycles. The Bertz CT molecular complexity index is 502. The molecule has 1 rings (SSSR count). The molecule has 0 amide bonds. The second kappa shape index (κ2) is 6.88. The number of hydrogen-bond acceptors (Lipinski definition) is 4. The van der Waals surface area contributed by atoms with E-state index in [1.54, 1.807) is 7.11 Å². The quantitative estimate of drug-likeness (QED) is 0.821. The number of rotatable bonds is 7. The highest BCUT2D eigenvalue weighted by Crippen LogP contribution is 2.23. The number of primary sulfonamides is 1. The number of sulfonamides is 1. The molecule has 0 bridgehead atoms. The van der Waals surface area contributed by atoms with Crippen molar-refractivity contribution in [1.29, 1.82) is 0 Å². The molecule has 0 radical (unpaired) electrons. The molecule has 0 aliphatic heterocycles. The molecule has 0 unspecified atom stereocenters. The number of nitrogens with zero attached hydrogens (tertiary/aromatic N) is 1. The molecule has 2 N–H and O–H groups in total. The van der Waals surface area contributed by atoms with E-state index in [1.165, 1.54) is 0 Å². The molecule has 5 nitrogen and oxygen atoms in total. The first-order valence-corrected chi connectivity index (χ1v) is 7.97. The van der Waals surface area contributed by atoms with E-state index in [1.807, 2.05) is 38.1 Å². The maximum absolute atomic E-state index is 11.0. The van der Waals surface area contributed by atoms with E-state index >= 15 is 0 Å². The molecule has 6 heteroatoms. The zero-order valence-corrected chi connectivity index (χ0v) is 12.5. The van der Waals surface area contributed by atoms with Crippen LogP contribution in [0.4, 0.5) is 0 Å². The fraction of sp³-hybridized carbons (Fsp3) is 0.538. The number of benzene rings is 1. The Morgan fingerprint density at radius 2 is 2.11 bits per heavy atom. The first kappa shape index (κ1) is 15.9. The third kappa shape index (κ3) is 5.18. The van der Waals surface area contributed by atoms with Crippen LogP contribution in [0.1, 0.15) is 25.5 Å². The first-order chi connectivity index (χ1) is 8.87. The van der Waals surface area contributed by atoms with Gasteiger partial charge in [-0.2, -0.15) is 0 Å². The van der Waals surface area contributed by atoms with E-state index in [9.17, 15) is 8.42 Å². The Morgan fingerprint density at radius 3 is 2.63 bits per heavy atom. The largest absolute Gasteiger partial charge is 0.497 e. The van der Waals surface area contributed by atoms with Crippen LogP contribution in [0, 0.1) is 0 Å². The highest BCUT2D eigenvalue weighted by molar-refractivity contribution is 7.89. The van der Waals surface area contributed by atoms with Crippen molar-refractivity contribution in [1.82, 2.24) is 4.90 Å². The molecule has 0 spiro atoms. The summed E-state index contributed by atoms with van der Waals surface area (Å²) in [5, 5.41) is 5.05. The predicted octanol–water partition coefficient (Wildman–Crippen LogP) is 1.37. The Balaban J connectivity index is 2.79. The lowest BCUT2D eigenvalue weighted by Gasteiger charge is -2.28. The Kier molecular flexibility index (Phi) is 5.78. The average Bonchev–Trinajstić information content (AvgIpc) is 2.38. The van der Waals surface area contributed by atoms with Crippen LogP contribution in [0.3, 0.4) is 0 Å². The normalized spacial score (nSPS) is 13.5. The molecule has 0 saturated carbocycles. The molecule has 0 aromatic heterocycles. The third-order valence-corrected chi connectivity index (χ3v) is 3.94. The van der Waals surface area contributed by atoms with Gasteiger partial charge in [-0.25, -0.2) is 13.6 Å². The summed E-state index contributed by atoms with van der Waals surface area (Å²) in [5.74, 6) is 0.765. The van der Waals surface area contributed by atoms with Crippen LogP contribution in [0.15, 0.2) is 24.3 Å². The Morgan fingerprint density at radius 1 is 1.42 bits per heavy atom. The zero-order chi connectivity index (χ0) is 14.5. The molecule has 0 saturated heterocycles. The number of methoxy groups -OCH3 is 1. The summed E-state index contributed by atoms with van der Waals surface area (Å²) in [7, 11) is -1.80. The standard InChI is InChI=1S/C13H22N2O3S/c1-4-15(8-9-19(14,16)17)11(2)12-6-5-7-13(10-12)18-3/h5-7,10-11H,4,8-9H2,1-3H3,(H2,14,16,17)/t11-/m0/s1. The summed E-state index contributed by atoms with van der Waals surface area (Å²) >= 11 is 0. The SMILES string of the molecule is CCN(CCS(N)(=O)=O)[C@@H](C)c1cccc(OC)c1. The Hall–Kier alpha value is -1.11. The molecule has 1 aromatic carbocycles. The van der Waals surface area contributed by atoms with Gasteiger partial charge in [-0.1, -0.05) is 19.1 Å². The van der Waals surface area contributed by atoms with Gasteiger partial charge in [0.05, 0.1) is 12.9 Å². The fourth-order valence-corrected chi connectivity index (χ4v) is 2.47. The van der Waals surface area contributed by atoms with Gasteiger partial charge in [-0.3, -0.25) is 4.90 Å². The molecular weight excluding hydrogens is 264 g/mol. The van der Waals surface area contributed by atoms with E-state index < -0.39 is 10.0 Å². The van der Waals surface area contributed by atoms with Gasteiger partial charge in [0, 0.05) is 12.6 Å². The lowest BCUT2D eigenvalue weighted by molar-refractivity contribution is 0.235. The summed E-state index contributed by atoms with van der Waals surface area (Å²) in [5.41, 5.74) is 1.09. The van der Waals surface area contributed by atoms with E-state index in [2.05, 4.69) is 4.90 Å². The first-order valence-electron chi connectivity index (χ1n) is 6.26. The molecule has 0 fully saturated rings. The third-order valence-electron chi connectivity index (χ3n) is 3.19. The average molecular weight is 286 g/mol. The minimum absolute atomic E-state index is 0.0326. The van der Waals surface area contributed by atoms with Crippen molar-refractivity contribution in [3.63, 3.8) is 0 Å². The fourth-order valence-electron chi connectivity index (χ4n) is 1.98. The molecule has 19 heavy (non-hydrogen) atoms. The van der Waals surface area contributed by atoms with E-state index in [4.69, 9.17) is 9.88 Å². The number of hydrogen-bond donors (Lipinski definition) is 1. The number of nitrogens with two attached hydrogens (primary N) is 1. The van der Waals surface area contributed by atoms with Crippen molar-refractivity contribution in [2.45, 2.75) is 19.9 Å². The van der Waals surface area contributed by atoms with Crippen LogP contribution in [0.5, 0.6) is 5.75 Å². The lowest BCUT2D eigenvalue weighted by Crippen LogP contribution is -2.33. The summed E-state index contributed by atoms with van der Waals surface area (Å²) in [6, 6.07) is 7.90. The molecule has 0 aliphatic rings. The van der Waals surface area contributed by atoms with Gasteiger partial charge in [0.1, 0.15) is 5.75 Å². The van der Waals surface area contributed by atoms with Crippen molar-refractivity contribution < 1.29 is 13.2 Å². The van der Waals surface area contributed by atoms with Crippen LogP contribution in [0.25, 0.3) is 0 Å². The van der Waals surface area contributed by atoms with Gasteiger partial charge < -0.3 is 4.74 Å². The molecular formula is C13H22N2O3S. The van der Waals surface area contributed by atoms with E-state index in [0.717, 1.165) is 17.9 Å². The molecule has 0 aliphatic carbocycles. The topological polar surface area (TPSA) is 72.6 Å². The van der Waals surface area contributed by atoms with Crippen LogP contribution in [-0.2, 0) is 10.0 Å². The highest BCUT2D eigenvalue weighted by Gasteiger charge is 2.16. The van der Waals surface area contributed by atoms with Gasteiger partial charge in [-0.15, -0.1) is 0 Å². The van der Waals surface area contributed by atoms with Crippen molar-refractivity contribution >= 4 is 10.0 Å². The molecule has 1 aromatic rings. The summed E-state index contributed by atoms with van der Waals surface area (Å²) < 4.78 is 27.3. The molecule has 1 atom stereocenters. The van der Waals surface area contributed by atoms with Gasteiger partial charge in [0.15, 0.2) is 0 Å². The second-order valence-corrected chi connectivity index (χ2v) is 6.18. The monoisotopic (exact) mass is 286 g/mol. The van der Waals surface area contributed by atoms with E-state index in [-0.39, 0.29) is 11.8 Å². The van der Waals surface area contributed by atoms with Crippen LogP contribution in [-0.4, -0.2) is 39.3 Å². The number of ether oxygens (including phenoxy) is 1. The second-order valence-electron chi connectivity index (χ2n) is 4.45.